The monoisotopic (exact) mass is 353 g/mol. The summed E-state index contributed by atoms with van der Waals surface area (Å²) in [5, 5.41) is 23.3. The number of aliphatic hydroxyl groups excluding tert-OH is 1. The van der Waals surface area contributed by atoms with Crippen molar-refractivity contribution in [2.24, 2.45) is 0 Å². The van der Waals surface area contributed by atoms with Gasteiger partial charge in [-0.1, -0.05) is 0 Å². The molecule has 0 spiro atoms. The highest BCUT2D eigenvalue weighted by molar-refractivity contribution is 5.97. The van der Waals surface area contributed by atoms with Crippen LogP contribution in [0.25, 0.3) is 0 Å². The topological polar surface area (TPSA) is 114 Å². The standard InChI is InChI=1S/C16H23N3O6/c1-11(2)25-15-8-12(17-4-3-6-20)13(19(22)23)9-14(15)18-5-7-24-10-16(18)21/h8-9,11,17,20H,3-7,10H2,1-2H3. The summed E-state index contributed by atoms with van der Waals surface area (Å²) in [6.07, 6.45) is 0.294. The van der Waals surface area contributed by atoms with Crippen molar-refractivity contribution >= 4 is 23.0 Å². The van der Waals surface area contributed by atoms with E-state index < -0.39 is 4.92 Å². The second kappa shape index (κ2) is 8.63. The molecule has 0 aromatic heterocycles. The van der Waals surface area contributed by atoms with E-state index in [4.69, 9.17) is 14.6 Å². The molecule has 0 aliphatic carbocycles. The second-order valence-corrected chi connectivity index (χ2v) is 5.86. The maximum absolute atomic E-state index is 12.1. The average molecular weight is 353 g/mol. The van der Waals surface area contributed by atoms with Crippen molar-refractivity contribution in [1.82, 2.24) is 0 Å². The Morgan fingerprint density at radius 1 is 1.48 bits per heavy atom. The largest absolute Gasteiger partial charge is 0.489 e. The van der Waals surface area contributed by atoms with Gasteiger partial charge in [0.1, 0.15) is 18.0 Å². The zero-order chi connectivity index (χ0) is 18.4. The van der Waals surface area contributed by atoms with Gasteiger partial charge in [0.15, 0.2) is 0 Å². The van der Waals surface area contributed by atoms with Crippen LogP contribution in [0.1, 0.15) is 20.3 Å². The van der Waals surface area contributed by atoms with Gasteiger partial charge in [0.05, 0.1) is 23.3 Å². The second-order valence-electron chi connectivity index (χ2n) is 5.86. The lowest BCUT2D eigenvalue weighted by Crippen LogP contribution is -2.42. The van der Waals surface area contributed by atoms with Gasteiger partial charge in [0.25, 0.3) is 11.6 Å². The number of carbonyl (C=O) groups is 1. The molecule has 1 saturated heterocycles. The van der Waals surface area contributed by atoms with Crippen LogP contribution in [-0.4, -0.2) is 55.0 Å². The van der Waals surface area contributed by atoms with E-state index in [1.54, 1.807) is 0 Å². The van der Waals surface area contributed by atoms with Crippen LogP contribution < -0.4 is 15.0 Å². The Morgan fingerprint density at radius 2 is 2.24 bits per heavy atom. The molecule has 2 rings (SSSR count). The number of amides is 1. The van der Waals surface area contributed by atoms with Gasteiger partial charge in [0.2, 0.25) is 0 Å². The maximum Gasteiger partial charge on any atom is 0.294 e. The van der Waals surface area contributed by atoms with E-state index in [0.717, 1.165) is 0 Å². The molecule has 0 bridgehead atoms. The molecule has 9 nitrogen and oxygen atoms in total. The van der Waals surface area contributed by atoms with Gasteiger partial charge in [0, 0.05) is 31.8 Å². The molecule has 1 aromatic carbocycles. The van der Waals surface area contributed by atoms with Crippen LogP contribution in [0.3, 0.4) is 0 Å². The summed E-state index contributed by atoms with van der Waals surface area (Å²) >= 11 is 0. The Morgan fingerprint density at radius 3 is 2.84 bits per heavy atom. The van der Waals surface area contributed by atoms with Gasteiger partial charge in [-0.15, -0.1) is 0 Å². The number of aliphatic hydroxyl groups is 1. The molecular weight excluding hydrogens is 330 g/mol. The van der Waals surface area contributed by atoms with Crippen LogP contribution in [0.4, 0.5) is 17.1 Å². The minimum Gasteiger partial charge on any atom is -0.489 e. The third-order valence-electron chi connectivity index (χ3n) is 3.56. The maximum atomic E-state index is 12.1. The molecule has 1 aliphatic rings. The van der Waals surface area contributed by atoms with Crippen molar-refractivity contribution in [2.75, 3.05) is 43.1 Å². The van der Waals surface area contributed by atoms with E-state index in [0.29, 0.717) is 43.2 Å². The molecule has 25 heavy (non-hydrogen) atoms. The number of nitrogens with zero attached hydrogens (tertiary/aromatic N) is 2. The third kappa shape index (κ3) is 4.80. The van der Waals surface area contributed by atoms with Crippen molar-refractivity contribution in [3.63, 3.8) is 0 Å². The summed E-state index contributed by atoms with van der Waals surface area (Å²) in [5.41, 5.74) is 0.503. The first-order valence-electron chi connectivity index (χ1n) is 8.16. The quantitative estimate of drug-likeness (QED) is 0.414. The first-order valence-corrected chi connectivity index (χ1v) is 8.16. The van der Waals surface area contributed by atoms with Gasteiger partial charge in [-0.25, -0.2) is 0 Å². The summed E-state index contributed by atoms with van der Waals surface area (Å²) < 4.78 is 10.9. The lowest BCUT2D eigenvalue weighted by atomic mass is 10.1. The predicted molar refractivity (Wildman–Crippen MR) is 92.2 cm³/mol. The van der Waals surface area contributed by atoms with Crippen molar-refractivity contribution in [1.29, 1.82) is 0 Å². The summed E-state index contributed by atoms with van der Waals surface area (Å²) in [6, 6.07) is 2.88. The molecule has 1 amide bonds. The van der Waals surface area contributed by atoms with Crippen molar-refractivity contribution in [3.8, 4) is 5.75 Å². The van der Waals surface area contributed by atoms with Crippen molar-refractivity contribution in [2.45, 2.75) is 26.4 Å². The molecule has 1 heterocycles. The molecule has 1 fully saturated rings. The van der Waals surface area contributed by atoms with E-state index in [1.165, 1.54) is 17.0 Å². The Balaban J connectivity index is 2.46. The van der Waals surface area contributed by atoms with Crippen LogP contribution in [0, 0.1) is 10.1 Å². The van der Waals surface area contributed by atoms with Crippen LogP contribution in [0.2, 0.25) is 0 Å². The molecule has 0 unspecified atom stereocenters. The molecule has 2 N–H and O–H groups in total. The zero-order valence-corrected chi connectivity index (χ0v) is 14.4. The Bertz CT molecular complexity index is 635. The number of nitro benzene ring substituents is 1. The minimum absolute atomic E-state index is 0.0173. The molecule has 0 atom stereocenters. The summed E-state index contributed by atoms with van der Waals surface area (Å²) in [5.74, 6) is 0.123. The smallest absolute Gasteiger partial charge is 0.294 e. The van der Waals surface area contributed by atoms with Gasteiger partial charge >= 0.3 is 0 Å². The predicted octanol–water partition coefficient (Wildman–Crippen LogP) is 1.54. The van der Waals surface area contributed by atoms with Gasteiger partial charge in [-0.2, -0.15) is 0 Å². The highest BCUT2D eigenvalue weighted by Gasteiger charge is 2.28. The van der Waals surface area contributed by atoms with Crippen molar-refractivity contribution < 1.29 is 24.3 Å². The SMILES string of the molecule is CC(C)Oc1cc(NCCCO)c([N+](=O)[O-])cc1N1CCOCC1=O. The number of hydrogen-bond donors (Lipinski definition) is 2. The number of anilines is 2. The Hall–Kier alpha value is -2.39. The molecular formula is C16H23N3O6. The Kier molecular flexibility index (Phi) is 6.54. The molecule has 1 aromatic rings. The van der Waals surface area contributed by atoms with Crippen LogP contribution in [0.5, 0.6) is 5.75 Å². The van der Waals surface area contributed by atoms with Crippen LogP contribution in [-0.2, 0) is 9.53 Å². The van der Waals surface area contributed by atoms with E-state index >= 15 is 0 Å². The number of nitrogens with one attached hydrogen (secondary N) is 1. The highest BCUT2D eigenvalue weighted by atomic mass is 16.6. The lowest BCUT2D eigenvalue weighted by Gasteiger charge is -2.29. The van der Waals surface area contributed by atoms with E-state index in [9.17, 15) is 14.9 Å². The van der Waals surface area contributed by atoms with Gasteiger partial charge in [-0.05, 0) is 20.3 Å². The number of morpholine rings is 1. The fourth-order valence-corrected chi connectivity index (χ4v) is 2.48. The summed E-state index contributed by atoms with van der Waals surface area (Å²) in [4.78, 5) is 24.5. The number of hydrogen-bond acceptors (Lipinski definition) is 7. The number of rotatable bonds is 8. The molecule has 9 heteroatoms. The molecule has 0 radical (unpaired) electrons. The number of ether oxygens (including phenoxy) is 2. The fourth-order valence-electron chi connectivity index (χ4n) is 2.48. The fraction of sp³-hybridized carbons (Fsp3) is 0.562. The average Bonchev–Trinajstić information content (AvgIpc) is 2.55. The number of carbonyl (C=O) groups excluding carboxylic acids is 1. The van der Waals surface area contributed by atoms with Crippen molar-refractivity contribution in [3.05, 3.63) is 22.2 Å². The first kappa shape index (κ1) is 18.9. The molecule has 138 valence electrons. The zero-order valence-electron chi connectivity index (χ0n) is 14.4. The lowest BCUT2D eigenvalue weighted by molar-refractivity contribution is -0.383. The minimum atomic E-state index is -0.505. The summed E-state index contributed by atoms with van der Waals surface area (Å²) in [6.45, 7) is 4.64. The third-order valence-corrected chi connectivity index (χ3v) is 3.56. The van der Waals surface area contributed by atoms with Gasteiger partial charge < -0.3 is 24.8 Å². The van der Waals surface area contributed by atoms with E-state index in [-0.39, 0.29) is 30.9 Å². The number of nitro groups is 1. The van der Waals surface area contributed by atoms with Gasteiger partial charge in [-0.3, -0.25) is 14.9 Å². The highest BCUT2D eigenvalue weighted by Crippen LogP contribution is 2.39. The van der Waals surface area contributed by atoms with E-state index in [1.807, 2.05) is 13.8 Å². The molecule has 1 aliphatic heterocycles. The van der Waals surface area contributed by atoms with E-state index in [2.05, 4.69) is 5.32 Å². The Labute approximate surface area is 145 Å². The summed E-state index contributed by atoms with van der Waals surface area (Å²) in [7, 11) is 0. The van der Waals surface area contributed by atoms with Crippen LogP contribution >= 0.6 is 0 Å². The number of benzene rings is 1. The first-order chi connectivity index (χ1) is 11.9. The normalized spacial score (nSPS) is 14.7. The molecule has 0 saturated carbocycles. The van der Waals surface area contributed by atoms with Crippen LogP contribution in [0.15, 0.2) is 12.1 Å².